The van der Waals surface area contributed by atoms with Gasteiger partial charge >= 0.3 is 39.5 Å². The Bertz CT molecular complexity index is 1820. The van der Waals surface area contributed by atoms with Crippen molar-refractivity contribution in [2.75, 3.05) is 39.6 Å². The van der Waals surface area contributed by atoms with E-state index in [1.54, 1.807) is 0 Å². The van der Waals surface area contributed by atoms with E-state index in [9.17, 15) is 43.2 Å². The molecule has 0 saturated carbocycles. The second-order valence-electron chi connectivity index (χ2n) is 28.0. The fourth-order valence-electron chi connectivity index (χ4n) is 11.0. The molecule has 0 bridgehead atoms. The van der Waals surface area contributed by atoms with Crippen LogP contribution in [0.3, 0.4) is 0 Å². The minimum atomic E-state index is -4.96. The van der Waals surface area contributed by atoms with Crippen molar-refractivity contribution in [3.63, 3.8) is 0 Å². The third-order valence-corrected chi connectivity index (χ3v) is 19.1. The first-order valence-electron chi connectivity index (χ1n) is 37.7. The molecule has 0 fully saturated rings. The Morgan fingerprint density at radius 1 is 0.304 bits per heavy atom. The zero-order chi connectivity index (χ0) is 68.2. The second kappa shape index (κ2) is 62.6. The van der Waals surface area contributed by atoms with Crippen LogP contribution in [0.4, 0.5) is 0 Å². The summed E-state index contributed by atoms with van der Waals surface area (Å²) in [5.41, 5.74) is 0. The van der Waals surface area contributed by atoms with Crippen LogP contribution in [0, 0.1) is 23.7 Å². The molecular weight excluding hydrogens is 1210 g/mol. The summed E-state index contributed by atoms with van der Waals surface area (Å²) in [5.74, 6) is 0.882. The first-order valence-corrected chi connectivity index (χ1v) is 40.7. The van der Waals surface area contributed by atoms with Crippen LogP contribution in [0.15, 0.2) is 0 Å². The SMILES string of the molecule is CCC(C)CCCCCCCCCCCCC(=O)OC[C@H](COP(=O)(O)OC[C@@H](O)COP(=O)(O)OC[C@@H](COC(=O)CCCCCCCCC(C)C)OC(=O)CCCCCCCCCCC(C)C)OC(=O)CCCCCCCCCCCCCCCCCC(C)C. The van der Waals surface area contributed by atoms with Crippen LogP contribution in [-0.4, -0.2) is 96.7 Å². The summed E-state index contributed by atoms with van der Waals surface area (Å²) in [4.78, 5) is 72.6. The smallest absolute Gasteiger partial charge is 0.462 e. The van der Waals surface area contributed by atoms with Crippen molar-refractivity contribution >= 4 is 39.5 Å². The van der Waals surface area contributed by atoms with Gasteiger partial charge in [-0.15, -0.1) is 0 Å². The number of carbonyl (C=O) groups is 4. The molecule has 0 aliphatic heterocycles. The number of phosphoric acid groups is 2. The van der Waals surface area contributed by atoms with E-state index in [0.717, 1.165) is 114 Å². The Labute approximate surface area is 562 Å². The van der Waals surface area contributed by atoms with Gasteiger partial charge in [-0.1, -0.05) is 312 Å². The van der Waals surface area contributed by atoms with Gasteiger partial charge in [0.05, 0.1) is 26.4 Å². The summed E-state index contributed by atoms with van der Waals surface area (Å²) in [7, 11) is -9.91. The number of carbonyl (C=O) groups excluding carboxylic acids is 4. The second-order valence-corrected chi connectivity index (χ2v) is 30.9. The highest BCUT2D eigenvalue weighted by Crippen LogP contribution is 2.45. The highest BCUT2D eigenvalue weighted by Gasteiger charge is 2.30. The number of ether oxygens (including phenoxy) is 4. The Morgan fingerprint density at radius 2 is 0.522 bits per heavy atom. The summed E-state index contributed by atoms with van der Waals surface area (Å²) in [6.45, 7) is 14.1. The molecule has 0 aromatic rings. The Balaban J connectivity index is 5.24. The average Bonchev–Trinajstić information content (AvgIpc) is 3.60. The van der Waals surface area contributed by atoms with Crippen molar-refractivity contribution in [1.29, 1.82) is 0 Å². The van der Waals surface area contributed by atoms with Crippen molar-refractivity contribution in [1.82, 2.24) is 0 Å². The van der Waals surface area contributed by atoms with E-state index in [2.05, 4.69) is 55.4 Å². The molecule has 0 saturated heterocycles. The predicted octanol–water partition coefficient (Wildman–Crippen LogP) is 20.9. The van der Waals surface area contributed by atoms with E-state index in [4.69, 9.17) is 37.0 Å². The molecule has 0 aromatic carbocycles. The zero-order valence-electron chi connectivity index (χ0n) is 60.2. The maximum Gasteiger partial charge on any atom is 0.472 e. The van der Waals surface area contributed by atoms with Gasteiger partial charge < -0.3 is 33.8 Å². The lowest BCUT2D eigenvalue weighted by Gasteiger charge is -2.21. The molecule has 0 radical (unpaired) electrons. The summed E-state index contributed by atoms with van der Waals surface area (Å²) >= 11 is 0. The molecular formula is C73H142O17P2. The Morgan fingerprint density at radius 3 is 0.772 bits per heavy atom. The maximum atomic E-state index is 13.1. The molecule has 17 nitrogen and oxygen atoms in total. The van der Waals surface area contributed by atoms with Gasteiger partial charge in [0.25, 0.3) is 0 Å². The fourth-order valence-corrected chi connectivity index (χ4v) is 12.6. The van der Waals surface area contributed by atoms with Crippen LogP contribution in [-0.2, 0) is 65.4 Å². The molecule has 0 amide bonds. The van der Waals surface area contributed by atoms with Crippen molar-refractivity contribution in [2.24, 2.45) is 23.7 Å². The lowest BCUT2D eigenvalue weighted by atomic mass is 9.99. The number of esters is 4. The molecule has 546 valence electrons. The van der Waals surface area contributed by atoms with Gasteiger partial charge in [-0.2, -0.15) is 0 Å². The standard InChI is InChI=1S/C73H142O17P2/c1-9-66(8)52-44-36-27-20-17-18-21-28-37-45-53-70(75)83-59-68(89-72(77)55-47-39-29-22-16-14-12-10-11-13-15-19-25-33-41-49-63(2)3)61-87-91(79,80)85-57-67(74)58-86-92(81,82)88-62-69(60-84-71(76)54-46-38-32-31-35-43-51-65(6)7)90-73(78)56-48-40-30-24-23-26-34-42-50-64(4)5/h63-69,74H,9-62H2,1-8H3,(H,79,80)(H,81,82)/t66?,67-,68-,69-/m1/s1. The number of phosphoric ester groups is 2. The molecule has 0 aromatic heterocycles. The summed E-state index contributed by atoms with van der Waals surface area (Å²) in [6.07, 6.45) is 46.0. The first-order chi connectivity index (χ1) is 44.1. The molecule has 6 atom stereocenters. The minimum Gasteiger partial charge on any atom is -0.462 e. The van der Waals surface area contributed by atoms with E-state index in [0.29, 0.717) is 31.6 Å². The minimum absolute atomic E-state index is 0.103. The third-order valence-electron chi connectivity index (χ3n) is 17.2. The van der Waals surface area contributed by atoms with Crippen LogP contribution >= 0.6 is 15.6 Å². The summed E-state index contributed by atoms with van der Waals surface area (Å²) < 4.78 is 68.4. The van der Waals surface area contributed by atoms with Crippen LogP contribution in [0.2, 0.25) is 0 Å². The summed E-state index contributed by atoms with van der Waals surface area (Å²) in [6, 6.07) is 0. The monoisotopic (exact) mass is 1350 g/mol. The first kappa shape index (κ1) is 90.1. The van der Waals surface area contributed by atoms with Gasteiger partial charge in [0, 0.05) is 25.7 Å². The number of aliphatic hydroxyl groups is 1. The summed E-state index contributed by atoms with van der Waals surface area (Å²) in [5, 5.41) is 10.6. The average molecular weight is 1350 g/mol. The highest BCUT2D eigenvalue weighted by molar-refractivity contribution is 7.47. The highest BCUT2D eigenvalue weighted by atomic mass is 31.2. The van der Waals surface area contributed by atoms with Crippen LogP contribution < -0.4 is 0 Å². The molecule has 3 N–H and O–H groups in total. The Kier molecular flexibility index (Phi) is 61.3. The molecule has 0 heterocycles. The van der Waals surface area contributed by atoms with E-state index in [1.165, 1.54) is 161 Å². The van der Waals surface area contributed by atoms with Crippen molar-refractivity contribution in [3.8, 4) is 0 Å². The van der Waals surface area contributed by atoms with E-state index in [1.807, 2.05) is 0 Å². The molecule has 0 spiro atoms. The van der Waals surface area contributed by atoms with E-state index >= 15 is 0 Å². The number of unbranched alkanes of at least 4 members (excludes halogenated alkanes) is 35. The van der Waals surface area contributed by atoms with Gasteiger partial charge in [0.15, 0.2) is 12.2 Å². The van der Waals surface area contributed by atoms with E-state index < -0.39 is 97.5 Å². The van der Waals surface area contributed by atoms with Gasteiger partial charge in [-0.05, 0) is 49.4 Å². The van der Waals surface area contributed by atoms with Crippen molar-refractivity contribution in [3.05, 3.63) is 0 Å². The lowest BCUT2D eigenvalue weighted by Crippen LogP contribution is -2.30. The molecule has 0 rings (SSSR count). The van der Waals surface area contributed by atoms with Crippen LogP contribution in [0.25, 0.3) is 0 Å². The maximum absolute atomic E-state index is 13.1. The quantitative estimate of drug-likeness (QED) is 0.0222. The molecule has 0 aliphatic rings. The third kappa shape index (κ3) is 65.4. The fraction of sp³-hybridized carbons (Fsp3) is 0.945. The number of rotatable bonds is 70. The molecule has 92 heavy (non-hydrogen) atoms. The van der Waals surface area contributed by atoms with Crippen LogP contribution in [0.5, 0.6) is 0 Å². The number of aliphatic hydroxyl groups excluding tert-OH is 1. The van der Waals surface area contributed by atoms with Gasteiger partial charge in [0.1, 0.15) is 19.3 Å². The molecule has 3 unspecified atom stereocenters. The Hall–Kier alpha value is -1.94. The number of hydrogen-bond acceptors (Lipinski definition) is 15. The predicted molar refractivity (Wildman–Crippen MR) is 372 cm³/mol. The van der Waals surface area contributed by atoms with Crippen molar-refractivity contribution in [2.45, 2.75) is 382 Å². The molecule has 0 aliphatic carbocycles. The van der Waals surface area contributed by atoms with Crippen molar-refractivity contribution < 1.29 is 80.2 Å². The molecule has 19 heteroatoms. The topological polar surface area (TPSA) is 237 Å². The van der Waals surface area contributed by atoms with Gasteiger partial charge in [0.2, 0.25) is 0 Å². The zero-order valence-corrected chi connectivity index (χ0v) is 62.0. The number of hydrogen-bond donors (Lipinski definition) is 3. The van der Waals surface area contributed by atoms with E-state index in [-0.39, 0.29) is 25.7 Å². The van der Waals surface area contributed by atoms with Gasteiger partial charge in [-0.25, -0.2) is 9.13 Å². The van der Waals surface area contributed by atoms with Crippen LogP contribution in [0.1, 0.15) is 364 Å². The van der Waals surface area contributed by atoms with Gasteiger partial charge in [-0.3, -0.25) is 37.3 Å². The largest absolute Gasteiger partial charge is 0.472 e. The normalized spacial score (nSPS) is 14.5. The lowest BCUT2D eigenvalue weighted by molar-refractivity contribution is -0.161.